The Morgan fingerprint density at radius 2 is 1.57 bits per heavy atom. The largest absolute Gasteiger partial charge is 0.0786 e. The highest BCUT2D eigenvalue weighted by Gasteiger charge is 2.15. The minimum atomic E-state index is 0.302. The average molecular weight is 343 g/mol. The van der Waals surface area contributed by atoms with Crippen LogP contribution in [-0.2, 0) is 19.3 Å². The van der Waals surface area contributed by atoms with E-state index in [1.54, 1.807) is 11.1 Å². The molecule has 0 saturated heterocycles. The molecule has 110 valence electrons. The smallest absolute Gasteiger partial charge is 0.0644 e. The first-order valence-electron chi connectivity index (χ1n) is 7.98. The molecule has 0 spiro atoms. The summed E-state index contributed by atoms with van der Waals surface area (Å²) in [6.07, 6.45) is 4.98. The Balaban J connectivity index is 1.79. The molecule has 0 N–H and O–H groups in total. The van der Waals surface area contributed by atoms with Gasteiger partial charge in [-0.05, 0) is 59.4 Å². The fraction of sp³-hybridized carbons (Fsp3) is 0.400. The Bertz CT molecular complexity index is 610. The lowest BCUT2D eigenvalue weighted by Gasteiger charge is -2.13. The first-order chi connectivity index (χ1) is 10.1. The Hall–Kier alpha value is -1.08. The van der Waals surface area contributed by atoms with E-state index in [2.05, 4.69) is 72.2 Å². The summed E-state index contributed by atoms with van der Waals surface area (Å²) < 4.78 is 0. The van der Waals surface area contributed by atoms with Crippen LogP contribution < -0.4 is 0 Å². The minimum Gasteiger partial charge on any atom is -0.0786 e. The van der Waals surface area contributed by atoms with Gasteiger partial charge in [0, 0.05) is 0 Å². The number of benzene rings is 2. The zero-order valence-corrected chi connectivity index (χ0v) is 14.5. The number of halogens is 1. The van der Waals surface area contributed by atoms with Gasteiger partial charge in [0.15, 0.2) is 0 Å². The lowest BCUT2D eigenvalue weighted by atomic mass is 9.97. The van der Waals surface area contributed by atoms with Gasteiger partial charge in [0.2, 0.25) is 0 Å². The number of hydrogen-bond donors (Lipinski definition) is 0. The van der Waals surface area contributed by atoms with Crippen molar-refractivity contribution in [3.8, 4) is 0 Å². The van der Waals surface area contributed by atoms with Crippen molar-refractivity contribution in [1.82, 2.24) is 0 Å². The van der Waals surface area contributed by atoms with Crippen molar-refractivity contribution in [1.29, 1.82) is 0 Å². The van der Waals surface area contributed by atoms with Gasteiger partial charge in [0.05, 0.1) is 4.83 Å². The summed E-state index contributed by atoms with van der Waals surface area (Å²) in [4.78, 5) is 0.302. The minimum absolute atomic E-state index is 0.302. The Morgan fingerprint density at radius 1 is 0.905 bits per heavy atom. The highest BCUT2D eigenvalue weighted by atomic mass is 79.9. The molecule has 0 amide bonds. The van der Waals surface area contributed by atoms with Crippen molar-refractivity contribution in [2.75, 3.05) is 0 Å². The average Bonchev–Trinajstić information content (AvgIpc) is 2.94. The van der Waals surface area contributed by atoms with Crippen molar-refractivity contribution in [3.05, 3.63) is 70.3 Å². The van der Waals surface area contributed by atoms with E-state index in [1.807, 2.05) is 0 Å². The van der Waals surface area contributed by atoms with Crippen LogP contribution in [0.4, 0.5) is 0 Å². The number of fused-ring (bicyclic) bond motifs is 1. The molecule has 1 aliphatic carbocycles. The lowest BCUT2D eigenvalue weighted by Crippen LogP contribution is -1.97. The van der Waals surface area contributed by atoms with Crippen molar-refractivity contribution < 1.29 is 0 Å². The van der Waals surface area contributed by atoms with Crippen LogP contribution in [0.5, 0.6) is 0 Å². The maximum absolute atomic E-state index is 3.88. The third-order valence-corrected chi connectivity index (χ3v) is 5.39. The van der Waals surface area contributed by atoms with E-state index in [0.29, 0.717) is 10.7 Å². The topological polar surface area (TPSA) is 0 Å². The standard InChI is InChI=1S/C20H23Br/c1-14(2)12-15-6-8-17(9-7-15)20(21)19-11-10-16-4-3-5-18(16)13-19/h6-11,13-14,20H,3-5,12H2,1-2H3. The molecule has 1 heteroatoms. The quantitative estimate of drug-likeness (QED) is 0.610. The highest BCUT2D eigenvalue weighted by molar-refractivity contribution is 9.09. The number of hydrogen-bond acceptors (Lipinski definition) is 0. The molecule has 0 bridgehead atoms. The first-order valence-corrected chi connectivity index (χ1v) is 8.89. The summed E-state index contributed by atoms with van der Waals surface area (Å²) in [7, 11) is 0. The fourth-order valence-corrected chi connectivity index (χ4v) is 3.83. The van der Waals surface area contributed by atoms with Gasteiger partial charge in [0.25, 0.3) is 0 Å². The summed E-state index contributed by atoms with van der Waals surface area (Å²) in [5.74, 6) is 0.715. The Morgan fingerprint density at radius 3 is 2.29 bits per heavy atom. The number of rotatable bonds is 4. The molecule has 1 atom stereocenters. The molecule has 21 heavy (non-hydrogen) atoms. The van der Waals surface area contributed by atoms with Crippen LogP contribution in [0.25, 0.3) is 0 Å². The predicted octanol–water partition coefficient (Wildman–Crippen LogP) is 5.86. The molecule has 0 aliphatic heterocycles. The maximum Gasteiger partial charge on any atom is 0.0644 e. The van der Waals surface area contributed by atoms with Crippen molar-refractivity contribution in [2.24, 2.45) is 5.92 Å². The summed E-state index contributed by atoms with van der Waals surface area (Å²) in [6, 6.07) is 16.1. The van der Waals surface area contributed by atoms with E-state index in [1.165, 1.54) is 36.0 Å². The van der Waals surface area contributed by atoms with Gasteiger partial charge in [-0.15, -0.1) is 0 Å². The van der Waals surface area contributed by atoms with Gasteiger partial charge in [-0.3, -0.25) is 0 Å². The van der Waals surface area contributed by atoms with E-state index < -0.39 is 0 Å². The monoisotopic (exact) mass is 342 g/mol. The molecule has 3 rings (SSSR count). The molecule has 0 radical (unpaired) electrons. The second-order valence-corrected chi connectivity index (χ2v) is 7.50. The fourth-order valence-electron chi connectivity index (χ4n) is 3.24. The molecular formula is C20H23Br. The molecular weight excluding hydrogens is 320 g/mol. The van der Waals surface area contributed by atoms with Crippen LogP contribution in [0.2, 0.25) is 0 Å². The van der Waals surface area contributed by atoms with E-state index in [9.17, 15) is 0 Å². The second-order valence-electron chi connectivity index (χ2n) is 6.58. The van der Waals surface area contributed by atoms with Crippen LogP contribution >= 0.6 is 15.9 Å². The Kier molecular flexibility index (Phi) is 4.49. The van der Waals surface area contributed by atoms with Crippen molar-refractivity contribution in [3.63, 3.8) is 0 Å². The molecule has 0 aromatic heterocycles. The summed E-state index contributed by atoms with van der Waals surface area (Å²) in [5.41, 5.74) is 7.26. The van der Waals surface area contributed by atoms with Gasteiger partial charge < -0.3 is 0 Å². The molecule has 2 aromatic carbocycles. The van der Waals surface area contributed by atoms with Gasteiger partial charge in [-0.1, -0.05) is 72.2 Å². The van der Waals surface area contributed by atoms with Gasteiger partial charge in [0.1, 0.15) is 0 Å². The second kappa shape index (κ2) is 6.36. The maximum atomic E-state index is 3.88. The van der Waals surface area contributed by atoms with Crippen LogP contribution in [-0.4, -0.2) is 0 Å². The van der Waals surface area contributed by atoms with Crippen molar-refractivity contribution in [2.45, 2.75) is 44.4 Å². The molecule has 0 fully saturated rings. The third kappa shape index (κ3) is 3.40. The predicted molar refractivity (Wildman–Crippen MR) is 94.2 cm³/mol. The van der Waals surface area contributed by atoms with Gasteiger partial charge in [-0.25, -0.2) is 0 Å². The van der Waals surface area contributed by atoms with Gasteiger partial charge >= 0.3 is 0 Å². The summed E-state index contributed by atoms with van der Waals surface area (Å²) >= 11 is 3.88. The summed E-state index contributed by atoms with van der Waals surface area (Å²) in [5, 5.41) is 0. The number of alkyl halides is 1. The van der Waals surface area contributed by atoms with Crippen LogP contribution in [0.15, 0.2) is 42.5 Å². The van der Waals surface area contributed by atoms with E-state index in [4.69, 9.17) is 0 Å². The van der Waals surface area contributed by atoms with Crippen LogP contribution in [0.3, 0.4) is 0 Å². The SMILES string of the molecule is CC(C)Cc1ccc(C(Br)c2ccc3c(c2)CCC3)cc1. The number of aryl methyl sites for hydroxylation is 2. The van der Waals surface area contributed by atoms with E-state index in [-0.39, 0.29) is 0 Å². The molecule has 0 heterocycles. The van der Waals surface area contributed by atoms with Crippen LogP contribution in [0, 0.1) is 5.92 Å². The van der Waals surface area contributed by atoms with E-state index in [0.717, 1.165) is 6.42 Å². The first kappa shape index (κ1) is 14.8. The zero-order valence-electron chi connectivity index (χ0n) is 12.9. The van der Waals surface area contributed by atoms with E-state index >= 15 is 0 Å². The lowest BCUT2D eigenvalue weighted by molar-refractivity contribution is 0.647. The third-order valence-electron chi connectivity index (χ3n) is 4.33. The highest BCUT2D eigenvalue weighted by Crippen LogP contribution is 2.34. The normalized spacial score (nSPS) is 15.2. The molecule has 1 unspecified atom stereocenters. The summed E-state index contributed by atoms with van der Waals surface area (Å²) in [6.45, 7) is 4.54. The van der Waals surface area contributed by atoms with Crippen molar-refractivity contribution >= 4 is 15.9 Å². The molecule has 1 aliphatic rings. The van der Waals surface area contributed by atoms with Crippen LogP contribution in [0.1, 0.15) is 52.9 Å². The molecule has 0 nitrogen and oxygen atoms in total. The Labute approximate surface area is 136 Å². The zero-order chi connectivity index (χ0) is 14.8. The van der Waals surface area contributed by atoms with Gasteiger partial charge in [-0.2, -0.15) is 0 Å². The molecule has 0 saturated carbocycles. The molecule has 2 aromatic rings.